The molecular weight excluding hydrogens is 383 g/mol. The maximum Gasteiger partial charge on any atom is 0.227 e. The van der Waals surface area contributed by atoms with Gasteiger partial charge in [0.15, 0.2) is 0 Å². The number of ether oxygens (including phenoxy) is 1. The van der Waals surface area contributed by atoms with E-state index in [2.05, 4.69) is 4.90 Å². The van der Waals surface area contributed by atoms with E-state index in [1.165, 1.54) is 0 Å². The highest BCUT2D eigenvalue weighted by Gasteiger charge is 2.48. The second-order valence-corrected chi connectivity index (χ2v) is 9.32. The third-order valence-corrected chi connectivity index (χ3v) is 7.56. The van der Waals surface area contributed by atoms with Gasteiger partial charge in [-0.05, 0) is 56.2 Å². The number of alkyl halides is 1. The van der Waals surface area contributed by atoms with E-state index in [4.69, 9.17) is 9.15 Å². The number of fused-ring (bicyclic) bond motifs is 1. The fraction of sp³-hybridized carbons (Fsp3) is 0.625. The van der Waals surface area contributed by atoms with Crippen LogP contribution < -0.4 is 0 Å². The minimum atomic E-state index is -0.757. The van der Waals surface area contributed by atoms with Crippen molar-refractivity contribution < 1.29 is 18.3 Å². The average molecular weight is 415 g/mol. The van der Waals surface area contributed by atoms with Crippen molar-refractivity contribution in [1.82, 2.24) is 9.80 Å². The number of likely N-dealkylation sites (tertiary alicyclic amines) is 1. The number of likely N-dealkylation sites (N-methyl/N-ethyl adjacent to an activating group) is 1. The summed E-state index contributed by atoms with van der Waals surface area (Å²) in [4.78, 5) is 17.5. The molecule has 3 heterocycles. The lowest BCUT2D eigenvalue weighted by Crippen LogP contribution is -2.58. The van der Waals surface area contributed by atoms with E-state index in [0.717, 1.165) is 61.8 Å². The van der Waals surface area contributed by atoms with Crippen molar-refractivity contribution in [2.24, 2.45) is 0 Å². The molecular formula is C24H31FN2O3. The molecule has 162 valence electrons. The van der Waals surface area contributed by atoms with Gasteiger partial charge in [-0.3, -0.25) is 9.69 Å². The van der Waals surface area contributed by atoms with Gasteiger partial charge in [0.25, 0.3) is 0 Å². The lowest BCUT2D eigenvalue weighted by Gasteiger charge is -2.48. The minimum Gasteiger partial charge on any atom is -0.464 e. The van der Waals surface area contributed by atoms with E-state index >= 15 is 0 Å². The van der Waals surface area contributed by atoms with Gasteiger partial charge in [0, 0.05) is 44.2 Å². The second kappa shape index (κ2) is 7.97. The summed E-state index contributed by atoms with van der Waals surface area (Å²) in [5.74, 6) is 0.109. The van der Waals surface area contributed by atoms with Gasteiger partial charge >= 0.3 is 0 Å². The van der Waals surface area contributed by atoms with E-state index < -0.39 is 6.17 Å². The predicted molar refractivity (Wildman–Crippen MR) is 113 cm³/mol. The topological polar surface area (TPSA) is 45.9 Å². The van der Waals surface area contributed by atoms with Crippen LogP contribution in [0.2, 0.25) is 0 Å². The number of carbonyl (C=O) groups is 1. The van der Waals surface area contributed by atoms with Crippen LogP contribution in [-0.2, 0) is 16.0 Å². The number of nitrogens with zero attached hydrogens (tertiary/aromatic N) is 2. The fourth-order valence-corrected chi connectivity index (χ4v) is 5.89. The number of halogens is 1. The van der Waals surface area contributed by atoms with Gasteiger partial charge in [0.05, 0.1) is 18.3 Å². The summed E-state index contributed by atoms with van der Waals surface area (Å²) in [7, 11) is 1.92. The maximum absolute atomic E-state index is 14.0. The molecule has 1 spiro atoms. The molecule has 1 aromatic heterocycles. The monoisotopic (exact) mass is 414 g/mol. The molecule has 0 unspecified atom stereocenters. The Balaban J connectivity index is 1.35. The number of hydrogen-bond donors (Lipinski definition) is 0. The highest BCUT2D eigenvalue weighted by molar-refractivity contribution is 5.87. The van der Waals surface area contributed by atoms with Crippen LogP contribution in [-0.4, -0.2) is 66.3 Å². The highest BCUT2D eigenvalue weighted by atomic mass is 19.1. The molecule has 0 radical (unpaired) electrons. The van der Waals surface area contributed by atoms with Gasteiger partial charge in [0.1, 0.15) is 11.8 Å². The summed E-state index contributed by atoms with van der Waals surface area (Å²) in [6, 6.07) is 8.04. The molecule has 2 aliphatic heterocycles. The number of carbonyl (C=O) groups excluding carboxylic acids is 1. The van der Waals surface area contributed by atoms with E-state index in [1.807, 2.05) is 36.2 Å². The fourth-order valence-electron chi connectivity index (χ4n) is 5.89. The van der Waals surface area contributed by atoms with Crippen LogP contribution in [0, 0.1) is 0 Å². The molecule has 4 atom stereocenters. The first-order valence-electron chi connectivity index (χ1n) is 11.3. The molecule has 3 aliphatic rings. The number of furan rings is 1. The zero-order valence-electron chi connectivity index (χ0n) is 17.7. The summed E-state index contributed by atoms with van der Waals surface area (Å²) < 4.78 is 25.7. The van der Waals surface area contributed by atoms with Crippen LogP contribution >= 0.6 is 0 Å². The molecule has 3 fully saturated rings. The molecule has 1 aromatic carbocycles. The van der Waals surface area contributed by atoms with Crippen LogP contribution in [0.3, 0.4) is 0 Å². The number of amides is 1. The van der Waals surface area contributed by atoms with Gasteiger partial charge in [0.2, 0.25) is 5.91 Å². The molecule has 5 nitrogen and oxygen atoms in total. The summed E-state index contributed by atoms with van der Waals surface area (Å²) in [5, 5.41) is 0.998. The molecule has 0 N–H and O–H groups in total. The third-order valence-electron chi connectivity index (χ3n) is 7.56. The smallest absolute Gasteiger partial charge is 0.227 e. The Labute approximate surface area is 177 Å². The summed E-state index contributed by atoms with van der Waals surface area (Å²) in [6.45, 7) is 2.08. The first-order chi connectivity index (χ1) is 14.5. The van der Waals surface area contributed by atoms with Crippen LogP contribution in [0.15, 0.2) is 34.9 Å². The zero-order chi connectivity index (χ0) is 20.7. The van der Waals surface area contributed by atoms with Crippen molar-refractivity contribution in [3.8, 4) is 0 Å². The second-order valence-electron chi connectivity index (χ2n) is 9.32. The number of hydrogen-bond acceptors (Lipinski definition) is 4. The van der Waals surface area contributed by atoms with Crippen LogP contribution in [0.1, 0.15) is 44.1 Å². The Hall–Kier alpha value is -1.92. The largest absolute Gasteiger partial charge is 0.464 e. The molecule has 2 saturated heterocycles. The summed E-state index contributed by atoms with van der Waals surface area (Å²) >= 11 is 0. The van der Waals surface area contributed by atoms with Gasteiger partial charge in [-0.1, -0.05) is 12.1 Å². The average Bonchev–Trinajstić information content (AvgIpc) is 3.49. The summed E-state index contributed by atoms with van der Waals surface area (Å²) in [6.07, 6.45) is 6.84. The normalized spacial score (nSPS) is 32.3. The first kappa shape index (κ1) is 20.0. The number of rotatable bonds is 4. The molecule has 6 heteroatoms. The van der Waals surface area contributed by atoms with Crippen molar-refractivity contribution in [3.63, 3.8) is 0 Å². The first-order valence-corrected chi connectivity index (χ1v) is 11.3. The Morgan fingerprint density at radius 2 is 2.20 bits per heavy atom. The SMILES string of the molecule is CN(C(=O)Cc1cccc2occc12)[C@@H]1CC[C@]2(CCCO2)C[C@H]1N1CC[C@@H](F)C1. The molecule has 1 aliphatic carbocycles. The summed E-state index contributed by atoms with van der Waals surface area (Å²) in [5.41, 5.74) is 1.73. The lowest BCUT2D eigenvalue weighted by atomic mass is 9.76. The van der Waals surface area contributed by atoms with Crippen LogP contribution in [0.4, 0.5) is 4.39 Å². The van der Waals surface area contributed by atoms with Gasteiger partial charge < -0.3 is 14.1 Å². The molecule has 2 aromatic rings. The Kier molecular flexibility index (Phi) is 5.31. The van der Waals surface area contributed by atoms with Crippen molar-refractivity contribution in [2.75, 3.05) is 26.7 Å². The van der Waals surface area contributed by atoms with Crippen molar-refractivity contribution in [2.45, 2.75) is 68.8 Å². The molecule has 1 saturated carbocycles. The number of benzene rings is 1. The Morgan fingerprint density at radius 1 is 1.30 bits per heavy atom. The molecule has 1 amide bonds. The Bertz CT molecular complexity index is 907. The van der Waals surface area contributed by atoms with Gasteiger partial charge in [-0.2, -0.15) is 0 Å². The van der Waals surface area contributed by atoms with Crippen molar-refractivity contribution in [1.29, 1.82) is 0 Å². The Morgan fingerprint density at radius 3 is 2.97 bits per heavy atom. The highest BCUT2D eigenvalue weighted by Crippen LogP contribution is 2.43. The van der Waals surface area contributed by atoms with Crippen molar-refractivity contribution in [3.05, 3.63) is 36.1 Å². The maximum atomic E-state index is 14.0. The van der Waals surface area contributed by atoms with Crippen molar-refractivity contribution >= 4 is 16.9 Å². The quantitative estimate of drug-likeness (QED) is 0.760. The predicted octanol–water partition coefficient (Wildman–Crippen LogP) is 3.95. The molecule has 0 bridgehead atoms. The molecule has 30 heavy (non-hydrogen) atoms. The zero-order valence-corrected chi connectivity index (χ0v) is 17.7. The van der Waals surface area contributed by atoms with Gasteiger partial charge in [-0.25, -0.2) is 4.39 Å². The standard InChI is InChI=1S/C24H31FN2O3/c1-26(23(28)14-17-4-2-5-22-19(17)8-13-29-22)20-6-10-24(9-3-12-30-24)15-21(20)27-11-7-18(25)16-27/h2,4-5,8,13,18,20-21H,3,6-7,9-12,14-16H2,1H3/t18-,20-,21-,24-/m1/s1. The van der Waals surface area contributed by atoms with E-state index in [0.29, 0.717) is 19.4 Å². The van der Waals surface area contributed by atoms with E-state index in [9.17, 15) is 9.18 Å². The van der Waals surface area contributed by atoms with E-state index in [-0.39, 0.29) is 23.6 Å². The van der Waals surface area contributed by atoms with E-state index in [1.54, 1.807) is 6.26 Å². The van der Waals surface area contributed by atoms with Crippen LogP contribution in [0.25, 0.3) is 11.0 Å². The van der Waals surface area contributed by atoms with Gasteiger partial charge in [-0.15, -0.1) is 0 Å². The minimum absolute atomic E-state index is 0.0676. The third kappa shape index (κ3) is 3.65. The lowest BCUT2D eigenvalue weighted by molar-refractivity contribution is -0.136. The molecule has 5 rings (SSSR count). The van der Waals surface area contributed by atoms with Crippen LogP contribution in [0.5, 0.6) is 0 Å².